The molecule has 16 heavy (non-hydrogen) atoms. The summed E-state index contributed by atoms with van der Waals surface area (Å²) in [4.78, 5) is 29.9. The molecule has 0 bridgehead atoms. The largest absolute Gasteiger partial charge is 0.378 e. The number of hydrogen-bond acceptors (Lipinski definition) is 6. The average molecular weight is 239 g/mol. The Labute approximate surface area is 92.3 Å². The highest BCUT2D eigenvalue weighted by molar-refractivity contribution is 7.71. The maximum absolute atomic E-state index is 11.4. The van der Waals surface area contributed by atoms with Crippen molar-refractivity contribution in [2.24, 2.45) is 0 Å². The monoisotopic (exact) mass is 239 g/mol. The van der Waals surface area contributed by atoms with Crippen LogP contribution in [0.15, 0.2) is 11.0 Å². The van der Waals surface area contributed by atoms with E-state index in [1.807, 2.05) is 0 Å². The number of aromatic nitrogens is 3. The summed E-state index contributed by atoms with van der Waals surface area (Å²) in [6, 6.07) is 0. The highest BCUT2D eigenvalue weighted by atomic mass is 32.1. The number of anilines is 1. The number of nitrogens with one attached hydrogen (secondary N) is 2. The van der Waals surface area contributed by atoms with Crippen molar-refractivity contribution in [3.63, 3.8) is 0 Å². The van der Waals surface area contributed by atoms with Gasteiger partial charge in [-0.25, -0.2) is 4.98 Å². The first kappa shape index (κ1) is 10.2. The standard InChI is InChI=1S/C7H5N5O3S/c8-5-4(12(14)15)3-2(1-9-5)6(13)11-7(16)10-3/h1H,(H2,8,9)(H2,10,11,13,16). The van der Waals surface area contributed by atoms with Crippen LogP contribution in [0, 0.1) is 14.9 Å². The highest BCUT2D eigenvalue weighted by Gasteiger charge is 2.19. The summed E-state index contributed by atoms with van der Waals surface area (Å²) in [7, 11) is 0. The number of nitrogens with two attached hydrogens (primary N) is 1. The van der Waals surface area contributed by atoms with Crippen molar-refractivity contribution in [3.8, 4) is 0 Å². The number of hydrogen-bond donors (Lipinski definition) is 3. The number of aromatic amines is 2. The van der Waals surface area contributed by atoms with E-state index < -0.39 is 16.2 Å². The maximum Gasteiger partial charge on any atom is 0.335 e. The van der Waals surface area contributed by atoms with Crippen molar-refractivity contribution < 1.29 is 4.92 Å². The Kier molecular flexibility index (Phi) is 2.16. The van der Waals surface area contributed by atoms with Crippen LogP contribution < -0.4 is 11.3 Å². The lowest BCUT2D eigenvalue weighted by Crippen LogP contribution is -2.11. The molecule has 0 atom stereocenters. The Hall–Kier alpha value is -2.29. The van der Waals surface area contributed by atoms with Crippen LogP contribution in [0.25, 0.3) is 10.9 Å². The van der Waals surface area contributed by atoms with Crippen LogP contribution in [0.5, 0.6) is 0 Å². The van der Waals surface area contributed by atoms with Crippen molar-refractivity contribution >= 4 is 34.6 Å². The van der Waals surface area contributed by atoms with E-state index in [-0.39, 0.29) is 21.5 Å². The summed E-state index contributed by atoms with van der Waals surface area (Å²) < 4.78 is -0.00815. The Morgan fingerprint density at radius 1 is 1.50 bits per heavy atom. The minimum absolute atomic E-state index is 0.00815. The molecule has 0 fully saturated rings. The van der Waals surface area contributed by atoms with Gasteiger partial charge in [-0.3, -0.25) is 19.9 Å². The molecule has 0 saturated carbocycles. The molecule has 2 heterocycles. The van der Waals surface area contributed by atoms with Gasteiger partial charge >= 0.3 is 5.69 Å². The van der Waals surface area contributed by atoms with Crippen molar-refractivity contribution in [3.05, 3.63) is 31.4 Å². The van der Waals surface area contributed by atoms with E-state index in [4.69, 9.17) is 18.0 Å². The van der Waals surface area contributed by atoms with Gasteiger partial charge in [-0.05, 0) is 12.2 Å². The zero-order valence-corrected chi connectivity index (χ0v) is 8.50. The fourth-order valence-corrected chi connectivity index (χ4v) is 1.51. The number of nitrogen functional groups attached to an aromatic ring is 1. The zero-order valence-electron chi connectivity index (χ0n) is 7.68. The number of fused-ring (bicyclic) bond motifs is 1. The lowest BCUT2D eigenvalue weighted by atomic mass is 10.2. The highest BCUT2D eigenvalue weighted by Crippen LogP contribution is 2.25. The first-order chi connectivity index (χ1) is 7.50. The minimum atomic E-state index is -0.713. The number of H-pyrrole nitrogens is 2. The lowest BCUT2D eigenvalue weighted by molar-refractivity contribution is -0.382. The Morgan fingerprint density at radius 2 is 2.19 bits per heavy atom. The second kappa shape index (κ2) is 3.38. The normalized spacial score (nSPS) is 10.5. The van der Waals surface area contributed by atoms with E-state index in [0.29, 0.717) is 0 Å². The van der Waals surface area contributed by atoms with E-state index in [9.17, 15) is 14.9 Å². The molecule has 8 nitrogen and oxygen atoms in total. The maximum atomic E-state index is 11.4. The summed E-state index contributed by atoms with van der Waals surface area (Å²) in [5.41, 5.74) is 4.35. The molecule has 0 amide bonds. The van der Waals surface area contributed by atoms with Gasteiger partial charge in [0.25, 0.3) is 5.56 Å². The van der Waals surface area contributed by atoms with E-state index >= 15 is 0 Å². The van der Waals surface area contributed by atoms with Crippen molar-refractivity contribution in [2.45, 2.75) is 0 Å². The summed E-state index contributed by atoms with van der Waals surface area (Å²) in [5, 5.41) is 10.8. The van der Waals surface area contributed by atoms with Gasteiger partial charge in [0.2, 0.25) is 5.82 Å². The molecule has 0 saturated heterocycles. The summed E-state index contributed by atoms with van der Waals surface area (Å²) >= 11 is 4.72. The van der Waals surface area contributed by atoms with E-state index in [1.165, 1.54) is 0 Å². The van der Waals surface area contributed by atoms with Crippen molar-refractivity contribution in [2.75, 3.05) is 5.73 Å². The number of nitrogens with zero attached hydrogens (tertiary/aromatic N) is 2. The SMILES string of the molecule is Nc1ncc2c(=O)[nH]c(=S)[nH]c2c1[N+](=O)[O-]. The van der Waals surface area contributed by atoms with Crippen LogP contribution in [0.4, 0.5) is 11.5 Å². The van der Waals surface area contributed by atoms with Crippen LogP contribution in [0.2, 0.25) is 0 Å². The van der Waals surface area contributed by atoms with Crippen molar-refractivity contribution in [1.82, 2.24) is 15.0 Å². The molecular weight excluding hydrogens is 234 g/mol. The van der Waals surface area contributed by atoms with E-state index in [0.717, 1.165) is 6.20 Å². The van der Waals surface area contributed by atoms with Gasteiger partial charge in [-0.1, -0.05) is 0 Å². The Morgan fingerprint density at radius 3 is 2.81 bits per heavy atom. The third kappa shape index (κ3) is 1.42. The topological polar surface area (TPSA) is 131 Å². The molecule has 0 radical (unpaired) electrons. The van der Waals surface area contributed by atoms with Crippen molar-refractivity contribution in [1.29, 1.82) is 0 Å². The average Bonchev–Trinajstić information content (AvgIpc) is 2.15. The lowest BCUT2D eigenvalue weighted by Gasteiger charge is -2.00. The molecule has 2 aromatic rings. The van der Waals surface area contributed by atoms with Gasteiger partial charge in [-0.2, -0.15) is 0 Å². The fraction of sp³-hybridized carbons (Fsp3) is 0. The van der Waals surface area contributed by atoms with Gasteiger partial charge in [0.05, 0.1) is 10.3 Å². The van der Waals surface area contributed by atoms with Gasteiger partial charge in [-0.15, -0.1) is 0 Å². The number of rotatable bonds is 1. The van der Waals surface area contributed by atoms with Gasteiger partial charge < -0.3 is 10.7 Å². The van der Waals surface area contributed by atoms with Crippen LogP contribution in [0.1, 0.15) is 0 Å². The van der Waals surface area contributed by atoms with E-state index in [2.05, 4.69) is 15.0 Å². The Bertz CT molecular complexity index is 703. The van der Waals surface area contributed by atoms with Gasteiger partial charge in [0.1, 0.15) is 5.52 Å². The molecule has 0 aliphatic heterocycles. The summed E-state index contributed by atoms with van der Waals surface area (Å²) in [5.74, 6) is -0.270. The molecule has 0 unspecified atom stereocenters. The van der Waals surface area contributed by atoms with Crippen LogP contribution >= 0.6 is 12.2 Å². The number of pyridine rings is 1. The third-order valence-corrected chi connectivity index (χ3v) is 2.18. The molecule has 4 N–H and O–H groups in total. The van der Waals surface area contributed by atoms with Gasteiger partial charge in [0.15, 0.2) is 4.77 Å². The third-order valence-electron chi connectivity index (χ3n) is 1.97. The second-order valence-corrected chi connectivity index (χ2v) is 3.35. The number of nitro groups is 1. The first-order valence-electron chi connectivity index (χ1n) is 4.06. The van der Waals surface area contributed by atoms with Crippen LogP contribution in [-0.2, 0) is 0 Å². The summed E-state index contributed by atoms with van der Waals surface area (Å²) in [6.45, 7) is 0. The predicted molar refractivity (Wildman–Crippen MR) is 58.6 cm³/mol. The zero-order chi connectivity index (χ0) is 11.9. The molecule has 9 heteroatoms. The molecule has 2 rings (SSSR count). The summed E-state index contributed by atoms with van der Waals surface area (Å²) in [6.07, 6.45) is 1.15. The molecule has 0 aliphatic rings. The Balaban J connectivity index is 3.09. The first-order valence-corrected chi connectivity index (χ1v) is 4.46. The van der Waals surface area contributed by atoms with Crippen LogP contribution in [0.3, 0.4) is 0 Å². The quantitative estimate of drug-likeness (QED) is 0.376. The molecule has 0 spiro atoms. The molecule has 0 aliphatic carbocycles. The predicted octanol–water partition coefficient (Wildman–Crippen LogP) is 0.471. The van der Waals surface area contributed by atoms with Crippen LogP contribution in [-0.4, -0.2) is 19.9 Å². The fourth-order valence-electron chi connectivity index (χ4n) is 1.31. The van der Waals surface area contributed by atoms with Gasteiger partial charge in [0, 0.05) is 6.20 Å². The molecule has 82 valence electrons. The molecular formula is C7H5N5O3S. The minimum Gasteiger partial charge on any atom is -0.378 e. The molecule has 2 aromatic heterocycles. The van der Waals surface area contributed by atoms with E-state index in [1.54, 1.807) is 0 Å². The molecule has 0 aromatic carbocycles. The second-order valence-electron chi connectivity index (χ2n) is 2.95. The smallest absolute Gasteiger partial charge is 0.335 e.